The summed E-state index contributed by atoms with van der Waals surface area (Å²) in [6, 6.07) is 13.6. The van der Waals surface area contributed by atoms with E-state index in [-0.39, 0.29) is 41.4 Å². The molecule has 5 rings (SSSR count). The number of methoxy groups -OCH3 is 2. The Morgan fingerprint density at radius 3 is 2.43 bits per heavy atom. The summed E-state index contributed by atoms with van der Waals surface area (Å²) in [6.45, 7) is 0.281. The third kappa shape index (κ3) is 4.18. The predicted octanol–water partition coefficient (Wildman–Crippen LogP) is 4.19. The topological polar surface area (TPSA) is 82.1 Å². The molecule has 1 aliphatic carbocycles. The maximum atomic E-state index is 13.8. The molecular weight excluding hydrogens is 470 g/mol. The summed E-state index contributed by atoms with van der Waals surface area (Å²) >= 11 is 6.39. The van der Waals surface area contributed by atoms with Crippen LogP contribution in [0.4, 0.5) is 0 Å². The number of Topliss-reactive ketones (excluding diaryl/α,β-unsaturated/α-hetero) is 1. The molecule has 7 nitrogen and oxygen atoms in total. The molecule has 2 aliphatic heterocycles. The molecule has 1 saturated carbocycles. The molecule has 182 valence electrons. The average Bonchev–Trinajstić information content (AvgIpc) is 3.16. The summed E-state index contributed by atoms with van der Waals surface area (Å²) in [7, 11) is 2.92. The number of rotatable bonds is 5. The lowest BCUT2D eigenvalue weighted by molar-refractivity contribution is -0.135. The average molecular weight is 496 g/mol. The molecule has 0 bridgehead atoms. The minimum atomic E-state index is -0.629. The van der Waals surface area contributed by atoms with Crippen LogP contribution >= 0.6 is 11.6 Å². The quantitative estimate of drug-likeness (QED) is 0.457. The van der Waals surface area contributed by atoms with E-state index >= 15 is 0 Å². The first kappa shape index (κ1) is 23.4. The predicted molar refractivity (Wildman–Crippen MR) is 128 cm³/mol. The van der Waals surface area contributed by atoms with Gasteiger partial charge in [0.2, 0.25) is 0 Å². The summed E-state index contributed by atoms with van der Waals surface area (Å²) in [6.07, 6.45) is 1.60. The second kappa shape index (κ2) is 9.38. The smallest absolute Gasteiger partial charge is 0.337 e. The fraction of sp³-hybridized carbons (Fsp3) is 0.370. The zero-order chi connectivity index (χ0) is 24.7. The number of alkyl halides is 1. The number of halogens is 1. The van der Waals surface area contributed by atoms with E-state index in [0.29, 0.717) is 29.7 Å². The van der Waals surface area contributed by atoms with Crippen molar-refractivity contribution in [2.75, 3.05) is 14.2 Å². The van der Waals surface area contributed by atoms with Crippen molar-refractivity contribution in [2.24, 2.45) is 5.92 Å². The second-order valence-electron chi connectivity index (χ2n) is 9.08. The first-order valence-corrected chi connectivity index (χ1v) is 12.1. The number of fused-ring (bicyclic) bond motifs is 1. The van der Waals surface area contributed by atoms with Crippen molar-refractivity contribution in [3.05, 3.63) is 76.6 Å². The molecule has 2 heterocycles. The molecule has 0 aromatic heterocycles. The standard InChI is InChI=1S/C27H26ClNO6/c1-33-19-10-3-15(4-11-19)14-29-23(16-5-7-17(8-6-16)27(32)34-2)22-24(30)20-13-18(28)9-12-21(20)35-25(22)26(29)31/h3-8,10-11,18,20-21,23H,9,12-14H2,1-2H3. The highest BCUT2D eigenvalue weighted by atomic mass is 35.5. The van der Waals surface area contributed by atoms with Crippen LogP contribution in [0.25, 0.3) is 0 Å². The Morgan fingerprint density at radius 1 is 1.06 bits per heavy atom. The van der Waals surface area contributed by atoms with Gasteiger partial charge in [0.15, 0.2) is 11.5 Å². The van der Waals surface area contributed by atoms with E-state index in [1.165, 1.54) is 7.11 Å². The number of amides is 1. The van der Waals surface area contributed by atoms with Crippen LogP contribution in [-0.4, -0.2) is 48.3 Å². The molecule has 0 spiro atoms. The highest BCUT2D eigenvalue weighted by molar-refractivity contribution is 6.21. The van der Waals surface area contributed by atoms with Gasteiger partial charge in [-0.1, -0.05) is 24.3 Å². The van der Waals surface area contributed by atoms with Gasteiger partial charge in [0.1, 0.15) is 11.9 Å². The molecule has 1 fully saturated rings. The zero-order valence-corrected chi connectivity index (χ0v) is 20.3. The van der Waals surface area contributed by atoms with Crippen molar-refractivity contribution >= 4 is 29.3 Å². The lowest BCUT2D eigenvalue weighted by Crippen LogP contribution is -2.41. The SMILES string of the molecule is COC(=O)c1ccc(C2C3=C(OC4CCC(Cl)CC4C3=O)C(=O)N2Cc2ccc(OC)cc2)cc1. The van der Waals surface area contributed by atoms with E-state index in [0.717, 1.165) is 17.5 Å². The van der Waals surface area contributed by atoms with Gasteiger partial charge < -0.3 is 19.1 Å². The summed E-state index contributed by atoms with van der Waals surface area (Å²) < 4.78 is 16.2. The minimum Gasteiger partial charge on any atom is -0.497 e. The third-order valence-corrected chi connectivity index (χ3v) is 7.44. The van der Waals surface area contributed by atoms with Crippen LogP contribution < -0.4 is 4.74 Å². The van der Waals surface area contributed by atoms with E-state index in [1.807, 2.05) is 24.3 Å². The highest BCUT2D eigenvalue weighted by Gasteiger charge is 2.52. The van der Waals surface area contributed by atoms with Gasteiger partial charge >= 0.3 is 5.97 Å². The van der Waals surface area contributed by atoms with Crippen LogP contribution in [-0.2, 0) is 25.6 Å². The molecule has 8 heteroatoms. The Hall–Kier alpha value is -3.32. The lowest BCUT2D eigenvalue weighted by atomic mass is 9.77. The fourth-order valence-electron chi connectivity index (χ4n) is 5.22. The molecule has 4 unspecified atom stereocenters. The molecular formula is C27H26ClNO6. The largest absolute Gasteiger partial charge is 0.497 e. The number of hydrogen-bond acceptors (Lipinski definition) is 6. The van der Waals surface area contributed by atoms with E-state index in [1.54, 1.807) is 36.3 Å². The fourth-order valence-corrected chi connectivity index (χ4v) is 5.54. The normalized spacial score (nSPS) is 25.6. The Labute approximate surface area is 208 Å². The minimum absolute atomic E-state index is 0.0748. The van der Waals surface area contributed by atoms with Gasteiger partial charge in [-0.15, -0.1) is 11.6 Å². The van der Waals surface area contributed by atoms with Crippen molar-refractivity contribution in [2.45, 2.75) is 43.3 Å². The van der Waals surface area contributed by atoms with Crippen molar-refractivity contribution in [3.8, 4) is 5.75 Å². The van der Waals surface area contributed by atoms with E-state index in [2.05, 4.69) is 0 Å². The molecule has 0 saturated heterocycles. The lowest BCUT2D eigenvalue weighted by Gasteiger charge is -2.37. The first-order valence-electron chi connectivity index (χ1n) is 11.6. The van der Waals surface area contributed by atoms with Crippen LogP contribution in [0.2, 0.25) is 0 Å². The Morgan fingerprint density at radius 2 is 1.77 bits per heavy atom. The van der Waals surface area contributed by atoms with Gasteiger partial charge in [0.05, 0.1) is 37.3 Å². The van der Waals surface area contributed by atoms with Crippen LogP contribution in [0.15, 0.2) is 59.9 Å². The number of ketones is 1. The Balaban J connectivity index is 1.54. The molecule has 1 amide bonds. The first-order chi connectivity index (χ1) is 16.9. The molecule has 35 heavy (non-hydrogen) atoms. The maximum Gasteiger partial charge on any atom is 0.337 e. The van der Waals surface area contributed by atoms with E-state index in [4.69, 9.17) is 25.8 Å². The van der Waals surface area contributed by atoms with Gasteiger partial charge in [-0.05, 0) is 54.7 Å². The van der Waals surface area contributed by atoms with Gasteiger partial charge in [-0.25, -0.2) is 4.79 Å². The number of ether oxygens (including phenoxy) is 3. The number of benzene rings is 2. The molecule has 0 radical (unpaired) electrons. The molecule has 4 atom stereocenters. The molecule has 0 N–H and O–H groups in total. The van der Waals surface area contributed by atoms with Crippen molar-refractivity contribution < 1.29 is 28.6 Å². The Kier molecular flexibility index (Phi) is 6.28. The van der Waals surface area contributed by atoms with Crippen LogP contribution in [0, 0.1) is 5.92 Å². The van der Waals surface area contributed by atoms with E-state index < -0.39 is 12.0 Å². The van der Waals surface area contributed by atoms with Crippen LogP contribution in [0.1, 0.15) is 46.8 Å². The number of nitrogens with zero attached hydrogens (tertiary/aromatic N) is 1. The third-order valence-electron chi connectivity index (χ3n) is 7.04. The number of carbonyl (C=O) groups is 3. The Bertz CT molecular complexity index is 1190. The van der Waals surface area contributed by atoms with Gasteiger partial charge in [-0.2, -0.15) is 0 Å². The van der Waals surface area contributed by atoms with Crippen LogP contribution in [0.5, 0.6) is 5.75 Å². The summed E-state index contributed by atoms with van der Waals surface area (Å²) in [5, 5.41) is -0.0868. The number of esters is 1. The number of carbonyl (C=O) groups excluding carboxylic acids is 3. The van der Waals surface area contributed by atoms with Gasteiger partial charge in [-0.3, -0.25) is 9.59 Å². The molecule has 2 aromatic rings. The zero-order valence-electron chi connectivity index (χ0n) is 19.5. The summed E-state index contributed by atoms with van der Waals surface area (Å²) in [5.74, 6) is -0.348. The highest BCUT2D eigenvalue weighted by Crippen LogP contribution is 2.47. The van der Waals surface area contributed by atoms with Crippen molar-refractivity contribution in [1.29, 1.82) is 0 Å². The molecule has 2 aromatic carbocycles. The monoisotopic (exact) mass is 495 g/mol. The van der Waals surface area contributed by atoms with Crippen LogP contribution in [0.3, 0.4) is 0 Å². The van der Waals surface area contributed by atoms with Crippen molar-refractivity contribution in [1.82, 2.24) is 4.90 Å². The van der Waals surface area contributed by atoms with Gasteiger partial charge in [0.25, 0.3) is 5.91 Å². The maximum absolute atomic E-state index is 13.8. The molecule has 3 aliphatic rings. The van der Waals surface area contributed by atoms with Crippen molar-refractivity contribution in [3.63, 3.8) is 0 Å². The van der Waals surface area contributed by atoms with Gasteiger partial charge in [0, 0.05) is 11.9 Å². The number of hydrogen-bond donors (Lipinski definition) is 0. The summed E-state index contributed by atoms with van der Waals surface area (Å²) in [5.41, 5.74) is 2.38. The summed E-state index contributed by atoms with van der Waals surface area (Å²) in [4.78, 5) is 41.0. The van der Waals surface area contributed by atoms with E-state index in [9.17, 15) is 14.4 Å². The second-order valence-corrected chi connectivity index (χ2v) is 9.69.